The Morgan fingerprint density at radius 2 is 1.89 bits per heavy atom. The number of hydrogen-bond acceptors (Lipinski definition) is 4. The van der Waals surface area contributed by atoms with Crippen molar-refractivity contribution in [1.82, 2.24) is 20.0 Å². The molecule has 3 N–H and O–H groups in total. The van der Waals surface area contributed by atoms with Crippen LogP contribution in [0.3, 0.4) is 0 Å². The number of nitrogens with one attached hydrogen (secondary N) is 2. The van der Waals surface area contributed by atoms with Gasteiger partial charge >= 0.3 is 11.7 Å². The molecule has 1 aromatic heterocycles. The van der Waals surface area contributed by atoms with Crippen molar-refractivity contribution < 1.29 is 9.90 Å². The van der Waals surface area contributed by atoms with E-state index >= 15 is 0 Å². The number of rotatable bonds is 4. The number of carboxylic acids is 1. The smallest absolute Gasteiger partial charge is 0.333 e. The van der Waals surface area contributed by atoms with Crippen molar-refractivity contribution in [3.63, 3.8) is 0 Å². The molecule has 0 unspecified atom stereocenters. The molecule has 0 radical (unpaired) electrons. The summed E-state index contributed by atoms with van der Waals surface area (Å²) >= 11 is 0. The van der Waals surface area contributed by atoms with Gasteiger partial charge < -0.3 is 5.11 Å². The molecule has 0 saturated carbocycles. The minimum atomic E-state index is -1.04. The van der Waals surface area contributed by atoms with Gasteiger partial charge in [-0.25, -0.2) is 15.6 Å². The van der Waals surface area contributed by atoms with Crippen molar-refractivity contribution in [3.8, 4) is 5.69 Å². The maximum atomic E-state index is 12.0. The van der Waals surface area contributed by atoms with Crippen LogP contribution in [-0.4, -0.2) is 20.2 Å². The van der Waals surface area contributed by atoms with E-state index in [9.17, 15) is 9.59 Å². The maximum absolute atomic E-state index is 12.0. The number of aliphatic carboxylic acids is 1. The third kappa shape index (κ3) is 2.28. The summed E-state index contributed by atoms with van der Waals surface area (Å²) in [6.07, 6.45) is 3.21. The van der Waals surface area contributed by atoms with E-state index < -0.39 is 5.97 Å². The molecule has 7 heteroatoms. The van der Waals surface area contributed by atoms with Gasteiger partial charge in [0.2, 0.25) is 0 Å². The van der Waals surface area contributed by atoms with Gasteiger partial charge in [-0.1, -0.05) is 12.1 Å². The van der Waals surface area contributed by atoms with E-state index in [1.165, 1.54) is 10.8 Å². The van der Waals surface area contributed by atoms with E-state index in [1.807, 2.05) is 24.3 Å². The highest BCUT2D eigenvalue weighted by molar-refractivity contribution is 5.66. The molecule has 3 rings (SSSR count). The first-order chi connectivity index (χ1) is 9.15. The van der Waals surface area contributed by atoms with E-state index in [2.05, 4.69) is 10.9 Å². The SMILES string of the molecule is O=C(O)Cn1ccn(-c2ccc(C3NN3)cc2)c1=O. The third-order valence-electron chi connectivity index (χ3n) is 2.95. The highest BCUT2D eigenvalue weighted by Gasteiger charge is 2.20. The first kappa shape index (κ1) is 11.7. The van der Waals surface area contributed by atoms with Gasteiger partial charge in [0.25, 0.3) is 0 Å². The van der Waals surface area contributed by atoms with Gasteiger partial charge in [-0.2, -0.15) is 0 Å². The van der Waals surface area contributed by atoms with Crippen LogP contribution in [0.25, 0.3) is 5.69 Å². The molecule has 0 aliphatic carbocycles. The highest BCUT2D eigenvalue weighted by Crippen LogP contribution is 2.17. The number of benzene rings is 1. The minimum Gasteiger partial charge on any atom is -0.480 e. The van der Waals surface area contributed by atoms with Crippen LogP contribution < -0.4 is 16.5 Å². The molecule has 0 amide bonds. The number of carboxylic acid groups (broad SMARTS) is 1. The molecule has 0 atom stereocenters. The fraction of sp³-hybridized carbons (Fsp3) is 0.167. The lowest BCUT2D eigenvalue weighted by Crippen LogP contribution is -2.25. The zero-order valence-corrected chi connectivity index (χ0v) is 9.91. The fourth-order valence-corrected chi connectivity index (χ4v) is 1.91. The van der Waals surface area contributed by atoms with Gasteiger partial charge in [-0.15, -0.1) is 0 Å². The Hall–Kier alpha value is -2.38. The number of carbonyl (C=O) groups is 1. The second-order valence-corrected chi connectivity index (χ2v) is 4.29. The van der Waals surface area contributed by atoms with E-state index in [0.29, 0.717) is 5.69 Å². The van der Waals surface area contributed by atoms with Crippen LogP contribution in [0.15, 0.2) is 41.5 Å². The summed E-state index contributed by atoms with van der Waals surface area (Å²) in [5, 5.41) is 8.69. The van der Waals surface area contributed by atoms with Crippen molar-refractivity contribution >= 4 is 5.97 Å². The Morgan fingerprint density at radius 3 is 2.47 bits per heavy atom. The van der Waals surface area contributed by atoms with Crippen LogP contribution in [0.1, 0.15) is 11.7 Å². The second kappa shape index (κ2) is 4.38. The highest BCUT2D eigenvalue weighted by atomic mass is 16.4. The van der Waals surface area contributed by atoms with E-state index in [-0.39, 0.29) is 18.4 Å². The Kier molecular flexibility index (Phi) is 2.69. The molecular formula is C12H12N4O3. The molecular weight excluding hydrogens is 248 g/mol. The van der Waals surface area contributed by atoms with Gasteiger partial charge in [0.05, 0.1) is 5.69 Å². The normalized spacial score (nSPS) is 14.5. The molecule has 1 aliphatic heterocycles. The lowest BCUT2D eigenvalue weighted by Gasteiger charge is -2.02. The summed E-state index contributed by atoms with van der Waals surface area (Å²) in [6.45, 7) is -0.334. The standard InChI is InChI=1S/C12H12N4O3/c17-10(18)7-15-5-6-16(12(15)19)9-3-1-8(2-4-9)11-13-14-11/h1-6,11,13-14H,7H2,(H,17,18). The van der Waals surface area contributed by atoms with Gasteiger partial charge in [0.1, 0.15) is 12.7 Å². The Balaban J connectivity index is 1.91. The molecule has 2 aromatic rings. The van der Waals surface area contributed by atoms with Crippen LogP contribution in [0.5, 0.6) is 0 Å². The third-order valence-corrected chi connectivity index (χ3v) is 2.95. The predicted octanol–water partition coefficient (Wildman–Crippen LogP) is -0.170. The monoisotopic (exact) mass is 260 g/mol. The molecule has 1 fully saturated rings. The van der Waals surface area contributed by atoms with Crippen molar-refractivity contribution in [2.45, 2.75) is 12.7 Å². The number of hydrazine groups is 1. The van der Waals surface area contributed by atoms with Crippen LogP contribution in [0.4, 0.5) is 0 Å². The van der Waals surface area contributed by atoms with Crippen LogP contribution in [-0.2, 0) is 11.3 Å². The van der Waals surface area contributed by atoms with Crippen molar-refractivity contribution in [2.75, 3.05) is 0 Å². The molecule has 1 saturated heterocycles. The number of imidazole rings is 1. The summed E-state index contributed by atoms with van der Waals surface area (Å²) in [6, 6.07) is 7.47. The van der Waals surface area contributed by atoms with Crippen LogP contribution in [0, 0.1) is 0 Å². The number of hydrogen-bond donors (Lipinski definition) is 3. The number of nitrogens with zero attached hydrogens (tertiary/aromatic N) is 2. The number of aromatic nitrogens is 2. The Labute approximate surface area is 108 Å². The first-order valence-electron chi connectivity index (χ1n) is 5.76. The van der Waals surface area contributed by atoms with Crippen LogP contribution in [0.2, 0.25) is 0 Å². The minimum absolute atomic E-state index is 0.183. The van der Waals surface area contributed by atoms with Crippen molar-refractivity contribution in [3.05, 3.63) is 52.7 Å². The van der Waals surface area contributed by atoms with Gasteiger partial charge in [-0.05, 0) is 17.7 Å². The Morgan fingerprint density at radius 1 is 1.21 bits per heavy atom. The molecule has 98 valence electrons. The van der Waals surface area contributed by atoms with E-state index in [4.69, 9.17) is 5.11 Å². The molecule has 0 bridgehead atoms. The van der Waals surface area contributed by atoms with Crippen LogP contribution >= 0.6 is 0 Å². The Bertz CT molecular complexity index is 667. The summed E-state index contributed by atoms with van der Waals surface area (Å²) in [7, 11) is 0. The molecule has 2 heterocycles. The molecule has 1 aromatic carbocycles. The zero-order valence-electron chi connectivity index (χ0n) is 9.91. The van der Waals surface area contributed by atoms with Gasteiger partial charge in [-0.3, -0.25) is 13.9 Å². The van der Waals surface area contributed by atoms with E-state index in [0.717, 1.165) is 10.1 Å². The average Bonchev–Trinajstić information content (AvgIpc) is 3.17. The summed E-state index contributed by atoms with van der Waals surface area (Å²) in [5.41, 5.74) is 7.35. The average molecular weight is 260 g/mol. The lowest BCUT2D eigenvalue weighted by atomic mass is 10.2. The van der Waals surface area contributed by atoms with Crippen molar-refractivity contribution in [1.29, 1.82) is 0 Å². The zero-order chi connectivity index (χ0) is 13.4. The summed E-state index contributed by atoms with van der Waals surface area (Å²) in [5.74, 6) is -1.04. The molecule has 0 spiro atoms. The summed E-state index contributed by atoms with van der Waals surface area (Å²) in [4.78, 5) is 22.6. The molecule has 19 heavy (non-hydrogen) atoms. The topological polar surface area (TPSA) is 108 Å². The predicted molar refractivity (Wildman–Crippen MR) is 66.7 cm³/mol. The largest absolute Gasteiger partial charge is 0.480 e. The van der Waals surface area contributed by atoms with Gasteiger partial charge in [0.15, 0.2) is 0 Å². The lowest BCUT2D eigenvalue weighted by molar-refractivity contribution is -0.137. The molecule has 7 nitrogen and oxygen atoms in total. The first-order valence-corrected chi connectivity index (χ1v) is 5.76. The summed E-state index contributed by atoms with van der Waals surface area (Å²) < 4.78 is 2.57. The van der Waals surface area contributed by atoms with E-state index in [1.54, 1.807) is 6.20 Å². The second-order valence-electron chi connectivity index (χ2n) is 4.29. The van der Waals surface area contributed by atoms with Gasteiger partial charge in [0, 0.05) is 12.4 Å². The quantitative estimate of drug-likeness (QED) is 0.661. The molecule has 1 aliphatic rings. The maximum Gasteiger partial charge on any atom is 0.333 e. The van der Waals surface area contributed by atoms with Crippen molar-refractivity contribution in [2.24, 2.45) is 0 Å². The fourth-order valence-electron chi connectivity index (χ4n) is 1.91.